The maximum atomic E-state index is 12.2. The Morgan fingerprint density at radius 1 is 1.28 bits per heavy atom. The molecule has 8 nitrogen and oxygen atoms in total. The molecular formula is C23H48IN5O3. The van der Waals surface area contributed by atoms with Gasteiger partial charge in [0.05, 0.1) is 6.10 Å². The molecule has 0 aliphatic carbocycles. The highest BCUT2D eigenvalue weighted by atomic mass is 127. The van der Waals surface area contributed by atoms with Crippen molar-refractivity contribution in [1.29, 1.82) is 0 Å². The number of hydrogen-bond acceptors (Lipinski definition) is 5. The quantitative estimate of drug-likeness (QED) is 0.162. The van der Waals surface area contributed by atoms with Crippen LogP contribution in [-0.2, 0) is 4.74 Å². The lowest BCUT2D eigenvalue weighted by molar-refractivity contribution is 0.0485. The number of rotatable bonds is 10. The summed E-state index contributed by atoms with van der Waals surface area (Å²) in [6.07, 6.45) is 3.09. The topological polar surface area (TPSA) is 89.4 Å². The number of alkyl carbamates (subject to hydrolysis) is 1. The van der Waals surface area contributed by atoms with Crippen molar-refractivity contribution in [2.45, 2.75) is 85.0 Å². The number of nitrogens with zero attached hydrogens (tertiary/aromatic N) is 3. The molecule has 1 atom stereocenters. The van der Waals surface area contributed by atoms with Crippen LogP contribution in [0.1, 0.15) is 67.2 Å². The lowest BCUT2D eigenvalue weighted by atomic mass is 10.0. The van der Waals surface area contributed by atoms with E-state index in [0.29, 0.717) is 5.92 Å². The number of aliphatic hydroxyl groups excluding tert-OH is 1. The molecule has 190 valence electrons. The second kappa shape index (κ2) is 15.9. The first-order valence-electron chi connectivity index (χ1n) is 11.9. The lowest BCUT2D eigenvalue weighted by Gasteiger charge is -2.29. The monoisotopic (exact) mass is 569 g/mol. The molecule has 0 spiro atoms. The highest BCUT2D eigenvalue weighted by Crippen LogP contribution is 2.12. The average Bonchev–Trinajstić information content (AvgIpc) is 2.67. The maximum Gasteiger partial charge on any atom is 0.407 e. The Labute approximate surface area is 212 Å². The molecule has 0 radical (unpaired) electrons. The van der Waals surface area contributed by atoms with Gasteiger partial charge in [-0.2, -0.15) is 0 Å². The molecule has 0 aromatic carbocycles. The molecular weight excluding hydrogens is 521 g/mol. The zero-order valence-electron chi connectivity index (χ0n) is 21.3. The van der Waals surface area contributed by atoms with Crippen LogP contribution in [-0.4, -0.2) is 91.0 Å². The Balaban J connectivity index is 0.00000961. The van der Waals surface area contributed by atoms with Crippen LogP contribution in [0.5, 0.6) is 0 Å². The fourth-order valence-corrected chi connectivity index (χ4v) is 3.56. The molecule has 1 amide bonds. The van der Waals surface area contributed by atoms with Crippen molar-refractivity contribution in [3.05, 3.63) is 0 Å². The van der Waals surface area contributed by atoms with Crippen LogP contribution in [0.25, 0.3) is 0 Å². The van der Waals surface area contributed by atoms with Crippen molar-refractivity contribution in [3.8, 4) is 0 Å². The molecule has 0 aromatic rings. The van der Waals surface area contributed by atoms with E-state index < -0.39 is 5.60 Å². The van der Waals surface area contributed by atoms with E-state index in [2.05, 4.69) is 41.2 Å². The molecule has 0 saturated carbocycles. The van der Waals surface area contributed by atoms with Crippen molar-refractivity contribution in [3.63, 3.8) is 0 Å². The van der Waals surface area contributed by atoms with Crippen LogP contribution >= 0.6 is 24.0 Å². The molecule has 1 aliphatic rings. The second-order valence-corrected chi connectivity index (χ2v) is 9.87. The van der Waals surface area contributed by atoms with Gasteiger partial charge in [-0.25, -0.2) is 4.79 Å². The third-order valence-corrected chi connectivity index (χ3v) is 5.43. The predicted octanol–water partition coefficient (Wildman–Crippen LogP) is 3.29. The number of carbonyl (C=O) groups is 1. The minimum absolute atomic E-state index is 0. The molecule has 1 unspecified atom stereocenters. The number of hydrogen-bond donors (Lipinski definition) is 3. The van der Waals surface area contributed by atoms with Gasteiger partial charge in [0.25, 0.3) is 0 Å². The Morgan fingerprint density at radius 2 is 1.91 bits per heavy atom. The summed E-state index contributed by atoms with van der Waals surface area (Å²) in [6, 6.07) is 0.0367. The van der Waals surface area contributed by atoms with Gasteiger partial charge >= 0.3 is 6.09 Å². The first-order chi connectivity index (χ1) is 14.5. The van der Waals surface area contributed by atoms with Gasteiger partial charge in [-0.15, -0.1) is 24.0 Å². The maximum absolute atomic E-state index is 12.2. The van der Waals surface area contributed by atoms with E-state index in [1.807, 2.05) is 27.8 Å². The molecule has 32 heavy (non-hydrogen) atoms. The van der Waals surface area contributed by atoms with Gasteiger partial charge < -0.3 is 30.3 Å². The predicted molar refractivity (Wildman–Crippen MR) is 143 cm³/mol. The van der Waals surface area contributed by atoms with Gasteiger partial charge in [0.15, 0.2) is 5.96 Å². The van der Waals surface area contributed by atoms with Crippen molar-refractivity contribution in [2.75, 3.05) is 46.3 Å². The SMILES string of the molecule is CCNC(=NCCCN1CCC(O)CC1)N(C)CCC(NC(=O)OC(C)(C)C)C(C)C.I. The van der Waals surface area contributed by atoms with Crippen LogP contribution in [0, 0.1) is 5.92 Å². The molecule has 1 heterocycles. The summed E-state index contributed by atoms with van der Waals surface area (Å²) in [5, 5.41) is 16.0. The summed E-state index contributed by atoms with van der Waals surface area (Å²) in [4.78, 5) is 21.5. The minimum atomic E-state index is -0.499. The van der Waals surface area contributed by atoms with Gasteiger partial charge in [-0.05, 0) is 65.8 Å². The van der Waals surface area contributed by atoms with Crippen LogP contribution in [0.2, 0.25) is 0 Å². The van der Waals surface area contributed by atoms with Crippen molar-refractivity contribution < 1.29 is 14.6 Å². The van der Waals surface area contributed by atoms with Gasteiger partial charge in [-0.3, -0.25) is 4.99 Å². The number of guanidine groups is 1. The number of aliphatic hydroxyl groups is 1. The Bertz CT molecular complexity index is 546. The van der Waals surface area contributed by atoms with E-state index in [4.69, 9.17) is 9.73 Å². The van der Waals surface area contributed by atoms with Gasteiger partial charge in [0.2, 0.25) is 0 Å². The highest BCUT2D eigenvalue weighted by molar-refractivity contribution is 14.0. The van der Waals surface area contributed by atoms with E-state index in [-0.39, 0.29) is 42.2 Å². The lowest BCUT2D eigenvalue weighted by Crippen LogP contribution is -2.45. The first-order valence-corrected chi connectivity index (χ1v) is 11.9. The largest absolute Gasteiger partial charge is 0.444 e. The number of amides is 1. The van der Waals surface area contributed by atoms with E-state index >= 15 is 0 Å². The van der Waals surface area contributed by atoms with Gasteiger partial charge in [0, 0.05) is 45.8 Å². The van der Waals surface area contributed by atoms with Crippen molar-refractivity contribution >= 4 is 36.0 Å². The van der Waals surface area contributed by atoms with Crippen LogP contribution < -0.4 is 10.6 Å². The van der Waals surface area contributed by atoms with Crippen LogP contribution in [0.15, 0.2) is 4.99 Å². The first kappa shape index (κ1) is 31.2. The van der Waals surface area contributed by atoms with Crippen molar-refractivity contribution in [1.82, 2.24) is 20.4 Å². The number of halogens is 1. The number of ether oxygens (including phenoxy) is 1. The summed E-state index contributed by atoms with van der Waals surface area (Å²) >= 11 is 0. The highest BCUT2D eigenvalue weighted by Gasteiger charge is 2.22. The average molecular weight is 570 g/mol. The zero-order chi connectivity index (χ0) is 23.4. The number of aliphatic imine (C=N–C) groups is 1. The van der Waals surface area contributed by atoms with E-state index in [1.54, 1.807) is 0 Å². The van der Waals surface area contributed by atoms with E-state index in [0.717, 1.165) is 70.9 Å². The summed E-state index contributed by atoms with van der Waals surface area (Å²) in [7, 11) is 2.04. The van der Waals surface area contributed by atoms with Gasteiger partial charge in [0.1, 0.15) is 5.60 Å². The number of carbonyl (C=O) groups excluding carboxylic acids is 1. The Kier molecular flexibility index (Phi) is 15.5. The van der Waals surface area contributed by atoms with E-state index in [1.165, 1.54) is 0 Å². The smallest absolute Gasteiger partial charge is 0.407 e. The molecule has 9 heteroatoms. The summed E-state index contributed by atoms with van der Waals surface area (Å²) in [6.45, 7) is 17.3. The molecule has 0 bridgehead atoms. The fourth-order valence-electron chi connectivity index (χ4n) is 3.56. The van der Waals surface area contributed by atoms with Crippen molar-refractivity contribution in [2.24, 2.45) is 10.9 Å². The number of nitrogens with one attached hydrogen (secondary N) is 2. The standard InChI is InChI=1S/C23H47N5O3.HI/c1-8-24-21(25-13-9-14-28-16-10-19(29)11-17-28)27(7)15-12-20(18(2)3)26-22(30)31-23(4,5)6;/h18-20,29H,8-17H2,1-7H3,(H,24,25)(H,26,30);1H. The molecule has 3 N–H and O–H groups in total. The van der Waals surface area contributed by atoms with Crippen LogP contribution in [0.3, 0.4) is 0 Å². The van der Waals surface area contributed by atoms with Gasteiger partial charge in [-0.1, -0.05) is 13.8 Å². The molecule has 1 aliphatic heterocycles. The summed E-state index contributed by atoms with van der Waals surface area (Å²) in [5.41, 5.74) is -0.499. The number of piperidine rings is 1. The third-order valence-electron chi connectivity index (χ3n) is 5.43. The third kappa shape index (κ3) is 13.7. The Morgan fingerprint density at radius 3 is 2.44 bits per heavy atom. The molecule has 1 saturated heterocycles. The Hall–Kier alpha value is -0.810. The minimum Gasteiger partial charge on any atom is -0.444 e. The zero-order valence-corrected chi connectivity index (χ0v) is 23.6. The fraction of sp³-hybridized carbons (Fsp3) is 0.913. The van der Waals surface area contributed by atoms with Crippen LogP contribution in [0.4, 0.5) is 4.79 Å². The number of likely N-dealkylation sites (tertiary alicyclic amines) is 1. The summed E-state index contributed by atoms with van der Waals surface area (Å²) < 4.78 is 5.41. The normalized spacial score (nSPS) is 17.0. The molecule has 0 aromatic heterocycles. The molecule has 1 fully saturated rings. The molecule has 1 rings (SSSR count). The van der Waals surface area contributed by atoms with E-state index in [9.17, 15) is 9.90 Å². The second-order valence-electron chi connectivity index (χ2n) is 9.87. The summed E-state index contributed by atoms with van der Waals surface area (Å²) in [5.74, 6) is 1.21.